The molecule has 0 atom stereocenters. The van der Waals surface area contributed by atoms with Gasteiger partial charge in [-0.3, -0.25) is 9.89 Å². The number of hydrogen-bond donors (Lipinski definition) is 4. The van der Waals surface area contributed by atoms with Crippen LogP contribution in [0.1, 0.15) is 12.6 Å². The Balaban J connectivity index is 1.53. The minimum Gasteiger partial charge on any atom is -0.457 e. The molecule has 188 valence electrons. The monoisotopic (exact) mass is 503 g/mol. The van der Waals surface area contributed by atoms with Crippen LogP contribution in [-0.4, -0.2) is 33.6 Å². The van der Waals surface area contributed by atoms with Gasteiger partial charge in [-0.1, -0.05) is 18.2 Å². The number of pyridine rings is 1. The molecule has 0 bridgehead atoms. The Hall–Kier alpha value is -5.40. The number of aromatic amines is 1. The van der Waals surface area contributed by atoms with Crippen molar-refractivity contribution in [3.05, 3.63) is 102 Å². The Morgan fingerprint density at radius 3 is 2.58 bits per heavy atom. The van der Waals surface area contributed by atoms with E-state index >= 15 is 0 Å². The summed E-state index contributed by atoms with van der Waals surface area (Å²) in [6.45, 7) is 2.72. The summed E-state index contributed by atoms with van der Waals surface area (Å²) >= 11 is 0. The number of anilines is 1. The van der Waals surface area contributed by atoms with Gasteiger partial charge < -0.3 is 21.5 Å². The third-order valence-corrected chi connectivity index (χ3v) is 5.68. The number of para-hydroxylation sites is 1. The second-order valence-electron chi connectivity index (χ2n) is 8.34. The highest BCUT2D eigenvalue weighted by Crippen LogP contribution is 2.35. The number of benzene rings is 2. The van der Waals surface area contributed by atoms with E-state index < -0.39 is 5.91 Å². The van der Waals surface area contributed by atoms with E-state index in [4.69, 9.17) is 21.2 Å². The van der Waals surface area contributed by atoms with E-state index in [0.29, 0.717) is 35.0 Å². The predicted molar refractivity (Wildman–Crippen MR) is 150 cm³/mol. The molecule has 9 heteroatoms. The number of fused-ring (bicyclic) bond motifs is 1. The molecule has 0 aliphatic heterocycles. The van der Waals surface area contributed by atoms with Crippen LogP contribution in [-0.2, 0) is 4.79 Å². The predicted octanol–water partition coefficient (Wildman–Crippen LogP) is 4.68. The zero-order valence-electron chi connectivity index (χ0n) is 20.6. The molecule has 9 nitrogen and oxygen atoms in total. The molecule has 0 spiro atoms. The zero-order chi connectivity index (χ0) is 26.5. The van der Waals surface area contributed by atoms with Crippen LogP contribution in [0.3, 0.4) is 0 Å². The molecule has 0 fully saturated rings. The summed E-state index contributed by atoms with van der Waals surface area (Å²) in [5.41, 5.74) is 18.0. The summed E-state index contributed by atoms with van der Waals surface area (Å²) in [7, 11) is 0. The molecule has 0 unspecified atom stereocenters. The van der Waals surface area contributed by atoms with E-state index in [2.05, 4.69) is 26.2 Å². The van der Waals surface area contributed by atoms with Gasteiger partial charge in [-0.25, -0.2) is 4.98 Å². The third-order valence-electron chi connectivity index (χ3n) is 5.68. The number of carbonyl (C=O) groups excluding carboxylic acids is 1. The largest absolute Gasteiger partial charge is 0.457 e. The van der Waals surface area contributed by atoms with Gasteiger partial charge in [0.25, 0.3) is 5.91 Å². The number of allylic oxidation sites excluding steroid dienone is 3. The fourth-order valence-electron chi connectivity index (χ4n) is 3.97. The molecule has 2 aromatic heterocycles. The molecule has 6 N–H and O–H groups in total. The van der Waals surface area contributed by atoms with Crippen molar-refractivity contribution < 1.29 is 9.53 Å². The molecule has 1 amide bonds. The number of H-pyrrole nitrogens is 1. The maximum absolute atomic E-state index is 12.3. The summed E-state index contributed by atoms with van der Waals surface area (Å²) in [5, 5.41) is 11.7. The zero-order valence-corrected chi connectivity index (χ0v) is 20.6. The summed E-state index contributed by atoms with van der Waals surface area (Å²) < 4.78 is 5.95. The number of guanidine groups is 1. The minimum atomic E-state index is -0.536. The minimum absolute atomic E-state index is 0.293. The van der Waals surface area contributed by atoms with Gasteiger partial charge in [-0.15, -0.1) is 5.73 Å². The van der Waals surface area contributed by atoms with Crippen LogP contribution >= 0.6 is 0 Å². The number of aliphatic imine (C=N–C) groups is 1. The second kappa shape index (κ2) is 10.7. The van der Waals surface area contributed by atoms with Crippen LogP contribution < -0.4 is 21.5 Å². The highest BCUT2D eigenvalue weighted by atomic mass is 16.5. The lowest BCUT2D eigenvalue weighted by Crippen LogP contribution is -2.24. The van der Waals surface area contributed by atoms with Crippen molar-refractivity contribution in [2.24, 2.45) is 16.5 Å². The lowest BCUT2D eigenvalue weighted by molar-refractivity contribution is -0.114. The maximum Gasteiger partial charge on any atom is 0.280 e. The molecule has 2 heterocycles. The molecule has 1 aliphatic rings. The number of aromatic nitrogens is 3. The Morgan fingerprint density at radius 1 is 1.08 bits per heavy atom. The summed E-state index contributed by atoms with van der Waals surface area (Å²) in [6, 6.07) is 19.3. The van der Waals surface area contributed by atoms with Gasteiger partial charge in [0.15, 0.2) is 11.8 Å². The fourth-order valence-corrected chi connectivity index (χ4v) is 3.97. The first-order chi connectivity index (χ1) is 18.5. The van der Waals surface area contributed by atoms with Crippen LogP contribution in [0.5, 0.6) is 11.5 Å². The molecule has 4 aromatic rings. The van der Waals surface area contributed by atoms with E-state index in [-0.39, 0.29) is 5.96 Å². The first-order valence-electron chi connectivity index (χ1n) is 12.0. The maximum atomic E-state index is 12.3. The van der Waals surface area contributed by atoms with Crippen molar-refractivity contribution in [1.29, 1.82) is 0 Å². The average Bonchev–Trinajstić information content (AvgIpc) is 3.15. The van der Waals surface area contributed by atoms with Gasteiger partial charge in [-0.05, 0) is 73.7 Å². The third kappa shape index (κ3) is 5.23. The number of nitrogens with one attached hydrogen (secondary N) is 2. The van der Waals surface area contributed by atoms with E-state index in [1.54, 1.807) is 24.3 Å². The van der Waals surface area contributed by atoms with Crippen molar-refractivity contribution in [1.82, 2.24) is 15.2 Å². The molecule has 1 aliphatic carbocycles. The molecule has 0 saturated carbocycles. The van der Waals surface area contributed by atoms with E-state index in [0.717, 1.165) is 27.9 Å². The first-order valence-corrected chi connectivity index (χ1v) is 12.0. The quantitative estimate of drug-likeness (QED) is 0.163. The van der Waals surface area contributed by atoms with Gasteiger partial charge in [0, 0.05) is 23.3 Å². The number of nitrogens with zero attached hydrogens (tertiary/aromatic N) is 3. The molecule has 38 heavy (non-hydrogen) atoms. The van der Waals surface area contributed by atoms with Gasteiger partial charge in [0.2, 0.25) is 0 Å². The Kier molecular flexibility index (Phi) is 6.84. The van der Waals surface area contributed by atoms with E-state index in [1.807, 2.05) is 67.6 Å². The van der Waals surface area contributed by atoms with Gasteiger partial charge in [0.05, 0.1) is 22.3 Å². The molecule has 0 radical (unpaired) electrons. The van der Waals surface area contributed by atoms with Crippen LogP contribution in [0.15, 0.2) is 101 Å². The molecule has 5 rings (SSSR count). The lowest BCUT2D eigenvalue weighted by atomic mass is 10.0. The smallest absolute Gasteiger partial charge is 0.280 e. The Bertz CT molecular complexity index is 1650. The summed E-state index contributed by atoms with van der Waals surface area (Å²) in [5.74, 6) is 1.36. The van der Waals surface area contributed by atoms with Crippen LogP contribution in [0.25, 0.3) is 27.7 Å². The van der Waals surface area contributed by atoms with Crippen molar-refractivity contribution in [3.8, 4) is 22.8 Å². The second-order valence-corrected chi connectivity index (χ2v) is 8.34. The first kappa shape index (κ1) is 24.3. The van der Waals surface area contributed by atoms with Gasteiger partial charge in [-0.2, -0.15) is 10.1 Å². The van der Waals surface area contributed by atoms with Gasteiger partial charge >= 0.3 is 0 Å². The number of amides is 1. The highest BCUT2D eigenvalue weighted by Gasteiger charge is 2.17. The Morgan fingerprint density at radius 2 is 1.84 bits per heavy atom. The standard InChI is InChI=1S/C29H25N7O2/c1-2-32-27-25-24(35-36-27)17-23(18-7-6-8-20(12-11-18)28(37)34-29(30)31)33-26(25)19-13-15-22(16-14-19)38-21-9-4-3-5-10-21/h3-6,8-17H,2H2,1H3,(H2,32,35,36)(H4,30,31,34,37). The fraction of sp³-hybridized carbons (Fsp3) is 0.0690. The molecular weight excluding hydrogens is 478 g/mol. The number of nitrogens with two attached hydrogens (primary N) is 2. The van der Waals surface area contributed by atoms with Crippen molar-refractivity contribution in [3.63, 3.8) is 0 Å². The van der Waals surface area contributed by atoms with Crippen molar-refractivity contribution in [2.45, 2.75) is 6.92 Å². The summed E-state index contributed by atoms with van der Waals surface area (Å²) in [6.07, 6.45) is 6.64. The number of hydrogen-bond acceptors (Lipinski definition) is 5. The van der Waals surface area contributed by atoms with E-state index in [9.17, 15) is 4.79 Å². The van der Waals surface area contributed by atoms with Crippen LogP contribution in [0, 0.1) is 0 Å². The molecule has 0 saturated heterocycles. The lowest BCUT2D eigenvalue weighted by Gasteiger charge is -2.10. The summed E-state index contributed by atoms with van der Waals surface area (Å²) in [4.78, 5) is 20.9. The van der Waals surface area contributed by atoms with Crippen molar-refractivity contribution in [2.75, 3.05) is 11.9 Å². The molecular formula is C29H25N7O2. The SMILES string of the molecule is CCNc1n[nH]c2cc(C3=C=CC=C(C(=O)N=C(N)N)C=C3)nc(-c3ccc(Oc4ccccc4)cc3)c12. The topological polar surface area (TPSA) is 144 Å². The number of ether oxygens (including phenoxy) is 1. The van der Waals surface area contributed by atoms with Crippen molar-refractivity contribution >= 4 is 34.2 Å². The number of carbonyl (C=O) groups is 1. The van der Waals surface area contributed by atoms with Crippen LogP contribution in [0.4, 0.5) is 5.82 Å². The Labute approximate surface area is 218 Å². The van der Waals surface area contributed by atoms with E-state index in [1.165, 1.54) is 0 Å². The van der Waals surface area contributed by atoms with Gasteiger partial charge in [0.1, 0.15) is 11.5 Å². The van der Waals surface area contributed by atoms with Crippen LogP contribution in [0.2, 0.25) is 0 Å². The molecule has 2 aromatic carbocycles. The highest BCUT2D eigenvalue weighted by molar-refractivity contribution is 6.04. The number of rotatable bonds is 7. The normalized spacial score (nSPS) is 12.4. The average molecular weight is 504 g/mol.